The molecule has 3 aromatic heterocycles. The molecule has 0 saturated carbocycles. The lowest BCUT2D eigenvalue weighted by Crippen LogP contribution is -2.12. The average Bonchev–Trinajstić information content (AvgIpc) is 3.19. The van der Waals surface area contributed by atoms with E-state index in [0.717, 1.165) is 21.1 Å². The Kier molecular flexibility index (Phi) is 3.08. The van der Waals surface area contributed by atoms with Crippen molar-refractivity contribution in [2.24, 2.45) is 0 Å². The summed E-state index contributed by atoms with van der Waals surface area (Å²) in [5.41, 5.74) is 1.57. The minimum atomic E-state index is -0.0839. The van der Waals surface area contributed by atoms with Crippen LogP contribution in [0.2, 0.25) is 0 Å². The fourth-order valence-electron chi connectivity index (χ4n) is 2.40. The maximum atomic E-state index is 12.4. The third-order valence-corrected chi connectivity index (χ3v) is 4.28. The average molecular weight is 309 g/mol. The largest absolute Gasteiger partial charge is 0.469 e. The number of nitrogens with zero attached hydrogens (tertiary/aromatic N) is 2. The SMILES string of the molecule is O=C(COc1ncnc2sccc12)c1c[nH]c2ccccc12. The number of H-pyrrole nitrogens is 1. The second-order valence-corrected chi connectivity index (χ2v) is 5.67. The fourth-order valence-corrected chi connectivity index (χ4v) is 3.12. The molecule has 0 fully saturated rings. The van der Waals surface area contributed by atoms with Crippen molar-refractivity contribution in [2.75, 3.05) is 6.61 Å². The molecule has 4 aromatic rings. The number of Topliss-reactive ketones (excluding diaryl/α,β-unsaturated/α-hetero) is 1. The van der Waals surface area contributed by atoms with Gasteiger partial charge in [-0.3, -0.25) is 4.79 Å². The zero-order chi connectivity index (χ0) is 14.9. The number of rotatable bonds is 4. The first-order chi connectivity index (χ1) is 10.8. The van der Waals surface area contributed by atoms with Gasteiger partial charge in [-0.1, -0.05) is 18.2 Å². The number of aromatic nitrogens is 3. The molecule has 0 saturated heterocycles. The van der Waals surface area contributed by atoms with Gasteiger partial charge >= 0.3 is 0 Å². The van der Waals surface area contributed by atoms with Crippen LogP contribution < -0.4 is 4.74 Å². The number of ketones is 1. The number of hydrogen-bond acceptors (Lipinski definition) is 5. The van der Waals surface area contributed by atoms with Gasteiger partial charge in [-0.2, -0.15) is 0 Å². The molecule has 0 aliphatic carbocycles. The molecule has 0 radical (unpaired) electrons. The third kappa shape index (κ3) is 2.14. The fraction of sp³-hybridized carbons (Fsp3) is 0.0625. The normalized spacial score (nSPS) is 11.1. The molecule has 0 aliphatic rings. The van der Waals surface area contributed by atoms with Crippen LogP contribution in [0.4, 0.5) is 0 Å². The number of fused-ring (bicyclic) bond motifs is 2. The molecule has 22 heavy (non-hydrogen) atoms. The topological polar surface area (TPSA) is 67.9 Å². The number of aromatic amines is 1. The molecule has 5 nitrogen and oxygen atoms in total. The zero-order valence-electron chi connectivity index (χ0n) is 11.4. The monoisotopic (exact) mass is 309 g/mol. The molecule has 0 spiro atoms. The number of nitrogens with one attached hydrogen (secondary N) is 1. The van der Waals surface area contributed by atoms with E-state index in [1.54, 1.807) is 6.20 Å². The van der Waals surface area contributed by atoms with E-state index in [0.29, 0.717) is 11.4 Å². The molecule has 1 aromatic carbocycles. The molecule has 6 heteroatoms. The molecular formula is C16H11N3O2S. The van der Waals surface area contributed by atoms with Crippen LogP contribution in [-0.2, 0) is 0 Å². The number of para-hydroxylation sites is 1. The Bertz CT molecular complexity index is 974. The quantitative estimate of drug-likeness (QED) is 0.586. The molecule has 108 valence electrons. The van der Waals surface area contributed by atoms with Crippen molar-refractivity contribution >= 4 is 38.2 Å². The predicted molar refractivity (Wildman–Crippen MR) is 85.5 cm³/mol. The Labute approximate surface area is 129 Å². The van der Waals surface area contributed by atoms with Crippen molar-refractivity contribution in [2.45, 2.75) is 0 Å². The number of hydrogen-bond donors (Lipinski definition) is 1. The Morgan fingerprint density at radius 3 is 3.05 bits per heavy atom. The highest BCUT2D eigenvalue weighted by Crippen LogP contribution is 2.26. The van der Waals surface area contributed by atoms with E-state index in [2.05, 4.69) is 15.0 Å². The van der Waals surface area contributed by atoms with E-state index in [4.69, 9.17) is 4.74 Å². The van der Waals surface area contributed by atoms with Gasteiger partial charge in [0.05, 0.1) is 5.39 Å². The summed E-state index contributed by atoms with van der Waals surface area (Å²) in [6.45, 7) is -0.0518. The van der Waals surface area contributed by atoms with E-state index in [1.165, 1.54) is 17.7 Å². The van der Waals surface area contributed by atoms with Crippen LogP contribution in [0.25, 0.3) is 21.1 Å². The summed E-state index contributed by atoms with van der Waals surface area (Å²) in [4.78, 5) is 24.6. The van der Waals surface area contributed by atoms with E-state index < -0.39 is 0 Å². The lowest BCUT2D eigenvalue weighted by atomic mass is 10.1. The Balaban J connectivity index is 1.59. The van der Waals surface area contributed by atoms with Gasteiger partial charge in [0.25, 0.3) is 0 Å². The second-order valence-electron chi connectivity index (χ2n) is 4.78. The lowest BCUT2D eigenvalue weighted by Gasteiger charge is -2.04. The maximum Gasteiger partial charge on any atom is 0.225 e. The van der Waals surface area contributed by atoms with E-state index >= 15 is 0 Å². The van der Waals surface area contributed by atoms with Gasteiger partial charge in [0, 0.05) is 22.7 Å². The summed E-state index contributed by atoms with van der Waals surface area (Å²) >= 11 is 1.51. The molecule has 0 unspecified atom stereocenters. The number of carbonyl (C=O) groups excluding carboxylic acids is 1. The van der Waals surface area contributed by atoms with Crippen LogP contribution in [0, 0.1) is 0 Å². The van der Waals surface area contributed by atoms with Crippen molar-refractivity contribution in [1.82, 2.24) is 15.0 Å². The molecule has 3 heterocycles. The zero-order valence-corrected chi connectivity index (χ0v) is 12.3. The van der Waals surface area contributed by atoms with Gasteiger partial charge in [0.2, 0.25) is 11.7 Å². The minimum absolute atomic E-state index is 0.0518. The van der Waals surface area contributed by atoms with E-state index in [1.807, 2.05) is 35.7 Å². The molecule has 0 aliphatic heterocycles. The highest BCUT2D eigenvalue weighted by molar-refractivity contribution is 7.16. The van der Waals surface area contributed by atoms with Crippen LogP contribution in [0.15, 0.2) is 48.2 Å². The molecule has 0 atom stereocenters. The first kappa shape index (κ1) is 13.0. The second kappa shape index (κ2) is 5.23. The summed E-state index contributed by atoms with van der Waals surface area (Å²) < 4.78 is 5.60. The molecule has 0 bridgehead atoms. The predicted octanol–water partition coefficient (Wildman–Crippen LogP) is 3.43. The first-order valence-corrected chi connectivity index (χ1v) is 7.61. The van der Waals surface area contributed by atoms with Gasteiger partial charge in [-0.05, 0) is 17.5 Å². The summed E-state index contributed by atoms with van der Waals surface area (Å²) in [7, 11) is 0. The summed E-state index contributed by atoms with van der Waals surface area (Å²) in [6.07, 6.45) is 3.17. The van der Waals surface area contributed by atoms with E-state index in [9.17, 15) is 4.79 Å². The third-order valence-electron chi connectivity index (χ3n) is 3.45. The Morgan fingerprint density at radius 1 is 1.18 bits per heavy atom. The van der Waals surface area contributed by atoms with Crippen LogP contribution in [-0.4, -0.2) is 27.3 Å². The first-order valence-electron chi connectivity index (χ1n) is 6.73. The minimum Gasteiger partial charge on any atom is -0.469 e. The Hall–Kier alpha value is -2.73. The highest BCUT2D eigenvalue weighted by atomic mass is 32.1. The van der Waals surface area contributed by atoms with Crippen molar-refractivity contribution in [3.05, 3.63) is 53.8 Å². The van der Waals surface area contributed by atoms with Gasteiger partial charge in [-0.15, -0.1) is 11.3 Å². The van der Waals surface area contributed by atoms with Crippen LogP contribution in [0.1, 0.15) is 10.4 Å². The van der Waals surface area contributed by atoms with E-state index in [-0.39, 0.29) is 12.4 Å². The van der Waals surface area contributed by atoms with Crippen LogP contribution in [0.3, 0.4) is 0 Å². The Morgan fingerprint density at radius 2 is 2.09 bits per heavy atom. The maximum absolute atomic E-state index is 12.4. The van der Waals surface area contributed by atoms with Crippen molar-refractivity contribution in [3.8, 4) is 5.88 Å². The van der Waals surface area contributed by atoms with Gasteiger partial charge in [-0.25, -0.2) is 9.97 Å². The van der Waals surface area contributed by atoms with Gasteiger partial charge in [0.1, 0.15) is 11.2 Å². The smallest absolute Gasteiger partial charge is 0.225 e. The summed E-state index contributed by atoms with van der Waals surface area (Å²) in [5.74, 6) is 0.360. The van der Waals surface area contributed by atoms with Crippen molar-refractivity contribution in [1.29, 1.82) is 0 Å². The number of ether oxygens (including phenoxy) is 1. The van der Waals surface area contributed by atoms with Gasteiger partial charge in [0.15, 0.2) is 6.61 Å². The summed E-state index contributed by atoms with van der Waals surface area (Å²) in [5, 5.41) is 3.66. The highest BCUT2D eigenvalue weighted by Gasteiger charge is 2.14. The molecular weight excluding hydrogens is 298 g/mol. The van der Waals surface area contributed by atoms with Crippen molar-refractivity contribution < 1.29 is 9.53 Å². The molecule has 1 N–H and O–H groups in total. The van der Waals surface area contributed by atoms with Crippen LogP contribution >= 0.6 is 11.3 Å². The number of thiophene rings is 1. The van der Waals surface area contributed by atoms with Crippen LogP contribution in [0.5, 0.6) is 5.88 Å². The summed E-state index contributed by atoms with van der Waals surface area (Å²) in [6, 6.07) is 9.59. The number of carbonyl (C=O) groups is 1. The molecule has 4 rings (SSSR count). The molecule has 0 amide bonds. The standard InChI is InChI=1S/C16H11N3O2S/c20-14(12-7-17-13-4-2-1-3-10(12)13)8-21-15-11-5-6-22-16(11)19-9-18-15/h1-7,9,17H,8H2. The number of benzene rings is 1. The van der Waals surface area contributed by atoms with Gasteiger partial charge < -0.3 is 9.72 Å². The lowest BCUT2D eigenvalue weighted by molar-refractivity contribution is 0.0921. The van der Waals surface area contributed by atoms with Crippen molar-refractivity contribution in [3.63, 3.8) is 0 Å².